The molecule has 0 N–H and O–H groups in total. The van der Waals surface area contributed by atoms with Crippen molar-refractivity contribution >= 4 is 58.8 Å². The molecule has 0 radical (unpaired) electrons. The smallest absolute Gasteiger partial charge is 0.258 e. The lowest BCUT2D eigenvalue weighted by molar-refractivity contribution is -0.384. The summed E-state index contributed by atoms with van der Waals surface area (Å²) in [5.74, 6) is 0. The number of non-ortho nitro benzene ring substituents is 1. The molecule has 0 aliphatic heterocycles. The van der Waals surface area contributed by atoms with Crippen LogP contribution >= 0.6 is 27.3 Å². The molecule has 25 heavy (non-hydrogen) atoms. The maximum Gasteiger partial charge on any atom is 0.271 e. The van der Waals surface area contributed by atoms with Crippen LogP contribution in [0.1, 0.15) is 0 Å². The number of fused-ring (bicyclic) bond motifs is 2. The number of nitrogens with zero attached hydrogens (tertiary/aromatic N) is 2. The van der Waals surface area contributed by atoms with Gasteiger partial charge in [0.05, 0.1) is 16.0 Å². The molecule has 0 bridgehead atoms. The minimum atomic E-state index is -0.408. The second-order valence-corrected chi connectivity index (χ2v) is 7.39. The van der Waals surface area contributed by atoms with Gasteiger partial charge in [0.25, 0.3) is 5.69 Å². The summed E-state index contributed by atoms with van der Waals surface area (Å²) in [4.78, 5) is 15.5. The van der Waals surface area contributed by atoms with E-state index in [1.165, 1.54) is 12.1 Å². The van der Waals surface area contributed by atoms with Gasteiger partial charge in [-0.15, -0.1) is 11.3 Å². The van der Waals surface area contributed by atoms with Crippen molar-refractivity contribution < 1.29 is 4.92 Å². The van der Waals surface area contributed by atoms with Crippen LogP contribution in [0.3, 0.4) is 0 Å². The zero-order chi connectivity index (χ0) is 17.4. The van der Waals surface area contributed by atoms with E-state index in [9.17, 15) is 10.1 Å². The van der Waals surface area contributed by atoms with E-state index in [1.807, 2.05) is 36.4 Å². The molecule has 0 aliphatic rings. The van der Waals surface area contributed by atoms with E-state index in [-0.39, 0.29) is 5.69 Å². The molecule has 1 aromatic heterocycles. The van der Waals surface area contributed by atoms with Crippen LogP contribution in [0.4, 0.5) is 11.4 Å². The van der Waals surface area contributed by atoms with Crippen LogP contribution in [0, 0.1) is 10.1 Å². The molecule has 0 unspecified atom stereocenters. The Balaban J connectivity index is 2.13. The summed E-state index contributed by atoms with van der Waals surface area (Å²) in [6.07, 6.45) is 0. The van der Waals surface area contributed by atoms with Crippen LogP contribution < -0.4 is 5.36 Å². The fourth-order valence-corrected chi connectivity index (χ4v) is 4.12. The monoisotopic (exact) mass is 410 g/mol. The standard InChI is InChI=1S/C19H11BrN2O2S/c20-15-10-9-12(22(23)24)11-16(15)21-19-13-5-1-3-7-17(13)25-18-8-4-2-6-14(18)19/h1-11H. The summed E-state index contributed by atoms with van der Waals surface area (Å²) < 4.78 is 2.97. The first kappa shape index (κ1) is 15.9. The number of nitro groups is 1. The Morgan fingerprint density at radius 2 is 1.52 bits per heavy atom. The van der Waals surface area contributed by atoms with Crippen molar-refractivity contribution in [2.75, 3.05) is 0 Å². The van der Waals surface area contributed by atoms with Gasteiger partial charge in [0, 0.05) is 36.8 Å². The number of hydrogen-bond acceptors (Lipinski definition) is 4. The zero-order valence-corrected chi connectivity index (χ0v) is 15.3. The van der Waals surface area contributed by atoms with Gasteiger partial charge < -0.3 is 0 Å². The summed E-state index contributed by atoms with van der Waals surface area (Å²) in [5, 5.41) is 14.0. The van der Waals surface area contributed by atoms with Gasteiger partial charge in [-0.25, -0.2) is 4.99 Å². The molecule has 0 atom stereocenters. The summed E-state index contributed by atoms with van der Waals surface area (Å²) in [5.41, 5.74) is 0.565. The first-order valence-corrected chi connectivity index (χ1v) is 9.14. The summed E-state index contributed by atoms with van der Waals surface area (Å²) in [7, 11) is 0. The number of nitro benzene ring substituents is 1. The highest BCUT2D eigenvalue weighted by Gasteiger charge is 2.10. The summed E-state index contributed by atoms with van der Waals surface area (Å²) >= 11 is 5.16. The van der Waals surface area contributed by atoms with Crippen molar-refractivity contribution in [2.45, 2.75) is 0 Å². The predicted octanol–water partition coefficient (Wildman–Crippen LogP) is 5.96. The molecule has 4 rings (SSSR count). The largest absolute Gasteiger partial charge is 0.271 e. The van der Waals surface area contributed by atoms with E-state index in [4.69, 9.17) is 4.99 Å². The second-order valence-electron chi connectivity index (χ2n) is 5.45. The Morgan fingerprint density at radius 1 is 0.920 bits per heavy atom. The van der Waals surface area contributed by atoms with E-state index in [2.05, 4.69) is 28.1 Å². The third kappa shape index (κ3) is 2.94. The van der Waals surface area contributed by atoms with Gasteiger partial charge in [0.2, 0.25) is 0 Å². The van der Waals surface area contributed by atoms with Crippen molar-refractivity contribution in [2.24, 2.45) is 4.99 Å². The van der Waals surface area contributed by atoms with Gasteiger partial charge >= 0.3 is 0 Å². The van der Waals surface area contributed by atoms with Crippen LogP contribution in [-0.4, -0.2) is 4.92 Å². The third-order valence-electron chi connectivity index (χ3n) is 3.88. The maximum absolute atomic E-state index is 11.1. The molecule has 0 aliphatic carbocycles. The number of rotatable bonds is 2. The quantitative estimate of drug-likeness (QED) is 0.232. The van der Waals surface area contributed by atoms with E-state index < -0.39 is 4.92 Å². The van der Waals surface area contributed by atoms with Crippen molar-refractivity contribution in [3.8, 4) is 0 Å². The van der Waals surface area contributed by atoms with Crippen LogP contribution in [0.2, 0.25) is 0 Å². The molecule has 0 spiro atoms. The van der Waals surface area contributed by atoms with Crippen molar-refractivity contribution in [3.05, 3.63) is 86.7 Å². The number of hydrogen-bond donors (Lipinski definition) is 0. The first-order chi connectivity index (χ1) is 12.1. The first-order valence-electron chi connectivity index (χ1n) is 7.53. The molecule has 4 aromatic rings. The van der Waals surface area contributed by atoms with Gasteiger partial charge in [-0.3, -0.25) is 10.1 Å². The molecule has 0 amide bonds. The Kier molecular flexibility index (Phi) is 4.07. The molecule has 0 saturated heterocycles. The predicted molar refractivity (Wildman–Crippen MR) is 105 cm³/mol. The molecule has 4 nitrogen and oxygen atoms in total. The van der Waals surface area contributed by atoms with Crippen molar-refractivity contribution in [1.29, 1.82) is 0 Å². The van der Waals surface area contributed by atoms with Crippen molar-refractivity contribution in [3.63, 3.8) is 0 Å². The summed E-state index contributed by atoms with van der Waals surface area (Å²) in [6, 6.07) is 20.8. The number of halogens is 1. The molecule has 1 heterocycles. The average molecular weight is 411 g/mol. The normalized spacial score (nSPS) is 10.9. The van der Waals surface area contributed by atoms with Crippen LogP contribution in [0.25, 0.3) is 20.2 Å². The van der Waals surface area contributed by atoms with Crippen LogP contribution in [0.15, 0.2) is 76.2 Å². The Labute approximate surface area is 155 Å². The molecule has 122 valence electrons. The van der Waals surface area contributed by atoms with Crippen LogP contribution in [0.5, 0.6) is 0 Å². The highest BCUT2D eigenvalue weighted by Crippen LogP contribution is 2.30. The fraction of sp³-hybridized carbons (Fsp3) is 0. The van der Waals surface area contributed by atoms with Gasteiger partial charge in [-0.1, -0.05) is 36.4 Å². The fourth-order valence-electron chi connectivity index (χ4n) is 2.71. The molecular formula is C19H11BrN2O2S. The van der Waals surface area contributed by atoms with Crippen molar-refractivity contribution in [1.82, 2.24) is 0 Å². The lowest BCUT2D eigenvalue weighted by Gasteiger charge is -2.05. The molecule has 0 saturated carbocycles. The van der Waals surface area contributed by atoms with E-state index in [0.717, 1.165) is 30.0 Å². The maximum atomic E-state index is 11.1. The minimum absolute atomic E-state index is 0.0225. The average Bonchev–Trinajstić information content (AvgIpc) is 2.63. The Bertz CT molecular complexity index is 1140. The van der Waals surface area contributed by atoms with Gasteiger partial charge in [0.15, 0.2) is 0 Å². The molecule has 6 heteroatoms. The van der Waals surface area contributed by atoms with E-state index in [1.54, 1.807) is 17.4 Å². The van der Waals surface area contributed by atoms with Crippen LogP contribution in [-0.2, 0) is 0 Å². The summed E-state index contributed by atoms with van der Waals surface area (Å²) in [6.45, 7) is 0. The van der Waals surface area contributed by atoms with Gasteiger partial charge in [-0.2, -0.15) is 0 Å². The van der Waals surface area contributed by atoms with E-state index >= 15 is 0 Å². The zero-order valence-electron chi connectivity index (χ0n) is 12.8. The third-order valence-corrected chi connectivity index (χ3v) is 5.70. The number of benzene rings is 3. The highest BCUT2D eigenvalue weighted by atomic mass is 79.9. The highest BCUT2D eigenvalue weighted by molar-refractivity contribution is 9.10. The molecule has 0 fully saturated rings. The Morgan fingerprint density at radius 3 is 2.12 bits per heavy atom. The lowest BCUT2D eigenvalue weighted by atomic mass is 10.1. The van der Waals surface area contributed by atoms with Gasteiger partial charge in [-0.05, 0) is 34.1 Å². The van der Waals surface area contributed by atoms with E-state index in [0.29, 0.717) is 5.69 Å². The lowest BCUT2D eigenvalue weighted by Crippen LogP contribution is -2.03. The second kappa shape index (κ2) is 6.38. The molecule has 3 aromatic carbocycles. The van der Waals surface area contributed by atoms with Gasteiger partial charge in [0.1, 0.15) is 0 Å². The topological polar surface area (TPSA) is 55.5 Å². The Hall–Kier alpha value is -2.57. The molecular weight excluding hydrogens is 400 g/mol. The minimum Gasteiger partial charge on any atom is -0.258 e. The SMILES string of the molecule is O=[N+]([O-])c1ccc(Br)c(N=c2c3ccccc3sc3ccccc23)c1.